The van der Waals surface area contributed by atoms with Gasteiger partial charge in [0.2, 0.25) is 0 Å². The zero-order chi connectivity index (χ0) is 16.8. The summed E-state index contributed by atoms with van der Waals surface area (Å²) in [4.78, 5) is 2.63. The highest BCUT2D eigenvalue weighted by atomic mass is 16.3. The van der Waals surface area contributed by atoms with E-state index in [0.29, 0.717) is 23.8 Å². The number of aryl methyl sites for hydroxylation is 1. The van der Waals surface area contributed by atoms with Crippen molar-refractivity contribution in [1.82, 2.24) is 0 Å². The van der Waals surface area contributed by atoms with Gasteiger partial charge in [-0.3, -0.25) is 0 Å². The van der Waals surface area contributed by atoms with Crippen LogP contribution in [0.4, 0.5) is 5.69 Å². The molecule has 0 radical (unpaired) electrons. The molecule has 2 aromatic carbocycles. The molecule has 3 aliphatic rings. The van der Waals surface area contributed by atoms with Crippen molar-refractivity contribution in [3.63, 3.8) is 0 Å². The average Bonchev–Trinajstić information content (AvgIpc) is 2.67. The number of aromatic hydroxyl groups is 1. The highest BCUT2D eigenvalue weighted by Gasteiger charge is 2.46. The fourth-order valence-corrected chi connectivity index (χ4v) is 5.86. The van der Waals surface area contributed by atoms with Crippen LogP contribution in [0.25, 0.3) is 0 Å². The normalized spacial score (nSPS) is 31.0. The van der Waals surface area contributed by atoms with E-state index in [9.17, 15) is 5.11 Å². The number of rotatable bonds is 1. The summed E-state index contributed by atoms with van der Waals surface area (Å²) in [6.07, 6.45) is 9.20. The fraction of sp³-hybridized carbons (Fsp3) is 0.478. The number of phenols is 1. The van der Waals surface area contributed by atoms with Crippen LogP contribution < -0.4 is 4.90 Å². The van der Waals surface area contributed by atoms with E-state index in [1.165, 1.54) is 56.1 Å². The van der Waals surface area contributed by atoms with Gasteiger partial charge in [0.25, 0.3) is 0 Å². The number of fused-ring (bicyclic) bond motifs is 4. The average molecular weight is 333 g/mol. The van der Waals surface area contributed by atoms with Gasteiger partial charge in [0.05, 0.1) is 11.7 Å². The van der Waals surface area contributed by atoms with Crippen LogP contribution in [-0.2, 0) is 6.42 Å². The molecular formula is C23H27NO. The van der Waals surface area contributed by atoms with Gasteiger partial charge in [0, 0.05) is 6.04 Å². The molecule has 2 aromatic rings. The van der Waals surface area contributed by atoms with E-state index >= 15 is 0 Å². The lowest BCUT2D eigenvalue weighted by Crippen LogP contribution is -2.53. The van der Waals surface area contributed by atoms with Crippen molar-refractivity contribution in [2.75, 3.05) is 4.90 Å². The summed E-state index contributed by atoms with van der Waals surface area (Å²) < 4.78 is 0. The molecule has 1 saturated carbocycles. The van der Waals surface area contributed by atoms with E-state index in [1.807, 2.05) is 12.1 Å². The van der Waals surface area contributed by atoms with Crippen LogP contribution in [0, 0.1) is 11.8 Å². The summed E-state index contributed by atoms with van der Waals surface area (Å²) in [6, 6.07) is 18.0. The minimum Gasteiger partial charge on any atom is -0.506 e. The minimum absolute atomic E-state index is 0.428. The first-order valence-electron chi connectivity index (χ1n) is 9.97. The zero-order valence-corrected chi connectivity index (χ0v) is 14.8. The second-order valence-corrected chi connectivity index (χ2v) is 8.19. The first-order valence-corrected chi connectivity index (χ1v) is 9.97. The van der Waals surface area contributed by atoms with Gasteiger partial charge in [0.15, 0.2) is 0 Å². The molecule has 25 heavy (non-hydrogen) atoms. The molecule has 5 rings (SSSR count). The molecule has 2 heteroatoms. The van der Waals surface area contributed by atoms with Crippen molar-refractivity contribution in [3.8, 4) is 5.75 Å². The van der Waals surface area contributed by atoms with E-state index in [0.717, 1.165) is 11.6 Å². The molecule has 2 nitrogen and oxygen atoms in total. The van der Waals surface area contributed by atoms with Gasteiger partial charge in [-0.15, -0.1) is 0 Å². The van der Waals surface area contributed by atoms with Crippen LogP contribution in [0.1, 0.15) is 55.7 Å². The van der Waals surface area contributed by atoms with E-state index in [-0.39, 0.29) is 0 Å². The number of para-hydroxylation sites is 2. The summed E-state index contributed by atoms with van der Waals surface area (Å²) >= 11 is 0. The summed E-state index contributed by atoms with van der Waals surface area (Å²) in [5, 5.41) is 10.6. The molecule has 130 valence electrons. The first-order chi connectivity index (χ1) is 12.3. The van der Waals surface area contributed by atoms with Gasteiger partial charge in [0.1, 0.15) is 5.75 Å². The van der Waals surface area contributed by atoms with Crippen molar-refractivity contribution in [2.24, 2.45) is 11.8 Å². The number of hydrogen-bond acceptors (Lipinski definition) is 2. The zero-order valence-electron chi connectivity index (χ0n) is 14.8. The van der Waals surface area contributed by atoms with Crippen LogP contribution in [0.3, 0.4) is 0 Å². The third-order valence-electron chi connectivity index (χ3n) is 6.90. The molecule has 1 heterocycles. The Morgan fingerprint density at radius 3 is 2.56 bits per heavy atom. The Kier molecular flexibility index (Phi) is 3.73. The van der Waals surface area contributed by atoms with Gasteiger partial charge in [-0.25, -0.2) is 0 Å². The Bertz CT molecular complexity index is 770. The maximum absolute atomic E-state index is 10.6. The van der Waals surface area contributed by atoms with E-state index in [4.69, 9.17) is 0 Å². The predicted molar refractivity (Wildman–Crippen MR) is 102 cm³/mol. The van der Waals surface area contributed by atoms with Crippen LogP contribution in [0.15, 0.2) is 48.5 Å². The second-order valence-electron chi connectivity index (χ2n) is 8.19. The van der Waals surface area contributed by atoms with Crippen LogP contribution >= 0.6 is 0 Å². The van der Waals surface area contributed by atoms with Crippen LogP contribution in [-0.4, -0.2) is 11.1 Å². The molecule has 0 bridgehead atoms. The van der Waals surface area contributed by atoms with Crippen LogP contribution in [0.5, 0.6) is 5.75 Å². The van der Waals surface area contributed by atoms with Gasteiger partial charge < -0.3 is 10.0 Å². The SMILES string of the molecule is Oc1ccccc1N1C2CCCCC2CC2CCc3ccccc3C21. The van der Waals surface area contributed by atoms with E-state index in [2.05, 4.69) is 41.3 Å². The highest BCUT2D eigenvalue weighted by Crippen LogP contribution is 2.53. The van der Waals surface area contributed by atoms with Crippen molar-refractivity contribution in [2.45, 2.75) is 57.0 Å². The lowest BCUT2D eigenvalue weighted by Gasteiger charge is -2.55. The Balaban J connectivity index is 1.66. The van der Waals surface area contributed by atoms with E-state index < -0.39 is 0 Å². The van der Waals surface area contributed by atoms with Crippen molar-refractivity contribution in [3.05, 3.63) is 59.7 Å². The largest absolute Gasteiger partial charge is 0.506 e. The quantitative estimate of drug-likeness (QED) is 0.748. The van der Waals surface area contributed by atoms with Crippen molar-refractivity contribution >= 4 is 5.69 Å². The molecule has 2 fully saturated rings. The number of anilines is 1. The second kappa shape index (κ2) is 6.09. The number of phenolic OH excluding ortho intramolecular Hbond substituents is 1. The molecule has 1 N–H and O–H groups in total. The third-order valence-corrected chi connectivity index (χ3v) is 6.90. The fourth-order valence-electron chi connectivity index (χ4n) is 5.86. The van der Waals surface area contributed by atoms with Crippen LogP contribution in [0.2, 0.25) is 0 Å². The summed E-state index contributed by atoms with van der Waals surface area (Å²) in [5.41, 5.74) is 4.07. The molecule has 4 atom stereocenters. The first kappa shape index (κ1) is 15.3. The Hall–Kier alpha value is -1.96. The smallest absolute Gasteiger partial charge is 0.138 e. The molecule has 0 amide bonds. The van der Waals surface area contributed by atoms with E-state index in [1.54, 1.807) is 0 Å². The van der Waals surface area contributed by atoms with Gasteiger partial charge in [-0.1, -0.05) is 49.2 Å². The topological polar surface area (TPSA) is 23.5 Å². The molecule has 0 aromatic heterocycles. The molecule has 2 aliphatic carbocycles. The van der Waals surface area contributed by atoms with Crippen molar-refractivity contribution in [1.29, 1.82) is 0 Å². The van der Waals surface area contributed by atoms with Gasteiger partial charge in [-0.05, 0) is 67.2 Å². The Morgan fingerprint density at radius 1 is 0.840 bits per heavy atom. The van der Waals surface area contributed by atoms with Crippen molar-refractivity contribution < 1.29 is 5.11 Å². The lowest BCUT2D eigenvalue weighted by atomic mass is 9.66. The maximum atomic E-state index is 10.6. The monoisotopic (exact) mass is 333 g/mol. The summed E-state index contributed by atoms with van der Waals surface area (Å²) in [6.45, 7) is 0. The maximum Gasteiger partial charge on any atom is 0.138 e. The summed E-state index contributed by atoms with van der Waals surface area (Å²) in [5.74, 6) is 1.95. The molecule has 0 spiro atoms. The predicted octanol–water partition coefficient (Wildman–Crippen LogP) is 5.46. The molecule has 4 unspecified atom stereocenters. The molecule has 1 aliphatic heterocycles. The minimum atomic E-state index is 0.428. The lowest BCUT2D eigenvalue weighted by molar-refractivity contribution is 0.146. The number of hydrogen-bond donors (Lipinski definition) is 1. The third kappa shape index (κ3) is 2.46. The number of piperidine rings is 1. The number of nitrogens with zero attached hydrogens (tertiary/aromatic N) is 1. The molecular weight excluding hydrogens is 306 g/mol. The van der Waals surface area contributed by atoms with Gasteiger partial charge in [-0.2, -0.15) is 0 Å². The highest BCUT2D eigenvalue weighted by molar-refractivity contribution is 5.61. The number of benzene rings is 2. The standard InChI is InChI=1S/C23H27NO/c25-22-12-6-5-11-21(22)24-20-10-4-2-8-17(20)15-18-14-13-16-7-1-3-9-19(16)23(18)24/h1,3,5-7,9,11-12,17-18,20,23,25H,2,4,8,10,13-15H2. The molecule has 1 saturated heterocycles. The Labute approximate surface area is 150 Å². The van der Waals surface area contributed by atoms with Gasteiger partial charge >= 0.3 is 0 Å². The summed E-state index contributed by atoms with van der Waals surface area (Å²) in [7, 11) is 0. The Morgan fingerprint density at radius 2 is 1.64 bits per heavy atom.